The highest BCUT2D eigenvalue weighted by Crippen LogP contribution is 2.44. The lowest BCUT2D eigenvalue weighted by Crippen LogP contribution is -2.36. The van der Waals surface area contributed by atoms with Crippen LogP contribution in [-0.2, 0) is 0 Å². The van der Waals surface area contributed by atoms with Gasteiger partial charge in [0, 0.05) is 23.7 Å². The van der Waals surface area contributed by atoms with Crippen LogP contribution in [0.4, 0.5) is 8.78 Å². The third-order valence-electron chi connectivity index (χ3n) is 3.22. The molecule has 21 heavy (non-hydrogen) atoms. The van der Waals surface area contributed by atoms with Gasteiger partial charge in [-0.25, -0.2) is 8.78 Å². The van der Waals surface area contributed by atoms with Gasteiger partial charge in [0.05, 0.1) is 5.02 Å². The first-order chi connectivity index (χ1) is 10.1. The third kappa shape index (κ3) is 2.54. The molecule has 3 nitrogen and oxygen atoms in total. The SMILES string of the molecule is NC[C@H]1COc2cc(F)cc(-c3c(F)cccc3Cl)c2O1. The van der Waals surface area contributed by atoms with E-state index in [1.165, 1.54) is 30.3 Å². The number of halogens is 3. The first-order valence-corrected chi connectivity index (χ1v) is 6.75. The van der Waals surface area contributed by atoms with Gasteiger partial charge >= 0.3 is 0 Å². The summed E-state index contributed by atoms with van der Waals surface area (Å²) in [6, 6.07) is 6.63. The van der Waals surface area contributed by atoms with E-state index in [9.17, 15) is 8.78 Å². The van der Waals surface area contributed by atoms with Crippen LogP contribution in [-0.4, -0.2) is 19.3 Å². The number of hydrogen-bond acceptors (Lipinski definition) is 3. The second kappa shape index (κ2) is 5.50. The van der Waals surface area contributed by atoms with E-state index in [0.717, 1.165) is 0 Å². The first-order valence-electron chi connectivity index (χ1n) is 6.37. The molecule has 2 aromatic carbocycles. The first kappa shape index (κ1) is 14.1. The summed E-state index contributed by atoms with van der Waals surface area (Å²) in [5.41, 5.74) is 5.85. The Labute approximate surface area is 125 Å². The summed E-state index contributed by atoms with van der Waals surface area (Å²) in [7, 11) is 0. The zero-order valence-corrected chi connectivity index (χ0v) is 11.7. The van der Waals surface area contributed by atoms with E-state index in [-0.39, 0.29) is 46.9 Å². The molecule has 0 radical (unpaired) electrons. The summed E-state index contributed by atoms with van der Waals surface area (Å²) in [5.74, 6) is -0.647. The molecule has 0 fully saturated rings. The Hall–Kier alpha value is -1.85. The van der Waals surface area contributed by atoms with Crippen molar-refractivity contribution < 1.29 is 18.3 Å². The van der Waals surface area contributed by atoms with Gasteiger partial charge in [-0.2, -0.15) is 0 Å². The minimum absolute atomic E-state index is 0.0798. The van der Waals surface area contributed by atoms with Crippen LogP contribution in [0, 0.1) is 11.6 Å². The Morgan fingerprint density at radius 1 is 1.29 bits per heavy atom. The molecule has 2 aromatic rings. The van der Waals surface area contributed by atoms with Crippen molar-refractivity contribution in [1.82, 2.24) is 0 Å². The van der Waals surface area contributed by atoms with Crippen molar-refractivity contribution in [2.24, 2.45) is 5.73 Å². The highest BCUT2D eigenvalue weighted by atomic mass is 35.5. The van der Waals surface area contributed by atoms with Gasteiger partial charge in [0.1, 0.15) is 24.3 Å². The molecule has 1 heterocycles. The summed E-state index contributed by atoms with van der Waals surface area (Å²) >= 11 is 6.05. The Bertz CT molecular complexity index is 673. The van der Waals surface area contributed by atoms with Gasteiger partial charge in [-0.05, 0) is 18.2 Å². The normalized spacial score (nSPS) is 16.9. The Balaban J connectivity index is 2.21. The minimum Gasteiger partial charge on any atom is -0.486 e. The largest absolute Gasteiger partial charge is 0.486 e. The molecule has 3 rings (SSSR count). The molecule has 1 aliphatic rings. The molecule has 6 heteroatoms. The van der Waals surface area contributed by atoms with Gasteiger partial charge in [-0.1, -0.05) is 17.7 Å². The molecule has 110 valence electrons. The van der Waals surface area contributed by atoms with E-state index in [1.807, 2.05) is 0 Å². The molecule has 0 aliphatic carbocycles. The van der Waals surface area contributed by atoms with Crippen molar-refractivity contribution in [3.05, 3.63) is 47.0 Å². The van der Waals surface area contributed by atoms with Crippen molar-refractivity contribution in [2.75, 3.05) is 13.2 Å². The lowest BCUT2D eigenvalue weighted by Gasteiger charge is -2.27. The second-order valence-corrected chi connectivity index (χ2v) is 5.07. The minimum atomic E-state index is -0.561. The molecule has 0 bridgehead atoms. The van der Waals surface area contributed by atoms with Crippen molar-refractivity contribution in [3.63, 3.8) is 0 Å². The lowest BCUT2D eigenvalue weighted by atomic mass is 10.0. The Kier molecular flexibility index (Phi) is 3.69. The fraction of sp³-hybridized carbons (Fsp3) is 0.200. The second-order valence-electron chi connectivity index (χ2n) is 4.66. The van der Waals surface area contributed by atoms with Crippen LogP contribution in [0.3, 0.4) is 0 Å². The molecular formula is C15H12ClF2NO2. The topological polar surface area (TPSA) is 44.5 Å². The van der Waals surface area contributed by atoms with Crippen LogP contribution >= 0.6 is 11.6 Å². The van der Waals surface area contributed by atoms with E-state index in [0.29, 0.717) is 0 Å². The number of nitrogens with two attached hydrogens (primary N) is 1. The van der Waals surface area contributed by atoms with Crippen LogP contribution in [0.15, 0.2) is 30.3 Å². The van der Waals surface area contributed by atoms with E-state index >= 15 is 0 Å². The molecule has 0 spiro atoms. The van der Waals surface area contributed by atoms with E-state index in [1.54, 1.807) is 0 Å². The van der Waals surface area contributed by atoms with Crippen LogP contribution < -0.4 is 15.2 Å². The maximum atomic E-state index is 14.1. The smallest absolute Gasteiger partial charge is 0.170 e. The molecule has 0 saturated heterocycles. The summed E-state index contributed by atoms with van der Waals surface area (Å²) in [6.07, 6.45) is -0.368. The van der Waals surface area contributed by atoms with Gasteiger partial charge in [0.2, 0.25) is 0 Å². The summed E-state index contributed by atoms with van der Waals surface area (Å²) in [5, 5.41) is 0.168. The van der Waals surface area contributed by atoms with Gasteiger partial charge in [-0.3, -0.25) is 0 Å². The number of rotatable bonds is 2. The van der Waals surface area contributed by atoms with Gasteiger partial charge in [0.15, 0.2) is 11.5 Å². The average molecular weight is 312 g/mol. The fourth-order valence-corrected chi connectivity index (χ4v) is 2.50. The molecule has 0 aromatic heterocycles. The van der Waals surface area contributed by atoms with Gasteiger partial charge in [0.25, 0.3) is 0 Å². The summed E-state index contributed by atoms with van der Waals surface area (Å²) in [4.78, 5) is 0. The molecule has 1 atom stereocenters. The van der Waals surface area contributed by atoms with Crippen molar-refractivity contribution >= 4 is 11.6 Å². The maximum Gasteiger partial charge on any atom is 0.170 e. The van der Waals surface area contributed by atoms with Gasteiger partial charge < -0.3 is 15.2 Å². The van der Waals surface area contributed by atoms with Crippen molar-refractivity contribution in [2.45, 2.75) is 6.10 Å². The van der Waals surface area contributed by atoms with Gasteiger partial charge in [-0.15, -0.1) is 0 Å². The molecule has 2 N–H and O–H groups in total. The molecular weight excluding hydrogens is 300 g/mol. The molecule has 1 aliphatic heterocycles. The quantitative estimate of drug-likeness (QED) is 0.924. The fourth-order valence-electron chi connectivity index (χ4n) is 2.24. The summed E-state index contributed by atoms with van der Waals surface area (Å²) < 4.78 is 39.0. The highest BCUT2D eigenvalue weighted by molar-refractivity contribution is 6.33. The van der Waals surface area contributed by atoms with E-state index < -0.39 is 11.6 Å². The van der Waals surface area contributed by atoms with Crippen LogP contribution in [0.2, 0.25) is 5.02 Å². The molecule has 0 unspecified atom stereocenters. The Morgan fingerprint density at radius 2 is 2.10 bits per heavy atom. The third-order valence-corrected chi connectivity index (χ3v) is 3.54. The van der Waals surface area contributed by atoms with Crippen molar-refractivity contribution in [1.29, 1.82) is 0 Å². The predicted molar refractivity (Wildman–Crippen MR) is 75.8 cm³/mol. The predicted octanol–water partition coefficient (Wildman–Crippen LogP) is 3.38. The molecule has 0 amide bonds. The number of benzene rings is 2. The zero-order valence-electron chi connectivity index (χ0n) is 10.9. The zero-order chi connectivity index (χ0) is 15.0. The van der Waals surface area contributed by atoms with E-state index in [2.05, 4.69) is 0 Å². The van der Waals surface area contributed by atoms with E-state index in [4.69, 9.17) is 26.8 Å². The monoisotopic (exact) mass is 311 g/mol. The highest BCUT2D eigenvalue weighted by Gasteiger charge is 2.26. The molecule has 0 saturated carbocycles. The Morgan fingerprint density at radius 3 is 2.81 bits per heavy atom. The van der Waals surface area contributed by atoms with Crippen LogP contribution in [0.1, 0.15) is 0 Å². The van der Waals surface area contributed by atoms with Crippen LogP contribution in [0.5, 0.6) is 11.5 Å². The van der Waals surface area contributed by atoms with Crippen LogP contribution in [0.25, 0.3) is 11.1 Å². The van der Waals surface area contributed by atoms with Crippen molar-refractivity contribution in [3.8, 4) is 22.6 Å². The number of fused-ring (bicyclic) bond motifs is 1. The number of hydrogen-bond donors (Lipinski definition) is 1. The number of ether oxygens (including phenoxy) is 2. The maximum absolute atomic E-state index is 14.1. The average Bonchev–Trinajstić information content (AvgIpc) is 2.46. The summed E-state index contributed by atoms with van der Waals surface area (Å²) in [6.45, 7) is 0.457. The standard InChI is InChI=1S/C15H12ClF2NO2/c16-11-2-1-3-12(18)14(11)10-4-8(17)5-13-15(10)21-9(6-19)7-20-13/h1-5,9H,6-7,19H2/t9-/m0/s1. The lowest BCUT2D eigenvalue weighted by molar-refractivity contribution is 0.0971.